The van der Waals surface area contributed by atoms with Crippen molar-refractivity contribution in [3.63, 3.8) is 0 Å². The van der Waals surface area contributed by atoms with Crippen molar-refractivity contribution >= 4 is 11.9 Å². The zero-order valence-electron chi connectivity index (χ0n) is 44.9. The van der Waals surface area contributed by atoms with E-state index in [4.69, 9.17) is 4.74 Å². The zero-order valence-corrected chi connectivity index (χ0v) is 44.9. The lowest BCUT2D eigenvalue weighted by Crippen LogP contribution is -2.45. The highest BCUT2D eigenvalue weighted by molar-refractivity contribution is 5.76. The Hall–Kier alpha value is -1.92. The monoisotopic (exact) mass is 942 g/mol. The summed E-state index contributed by atoms with van der Waals surface area (Å²) in [6.45, 7) is 4.86. The molecule has 0 aromatic heterocycles. The van der Waals surface area contributed by atoms with E-state index in [1.165, 1.54) is 244 Å². The van der Waals surface area contributed by atoms with Crippen LogP contribution in [-0.2, 0) is 14.3 Å². The van der Waals surface area contributed by atoms with Gasteiger partial charge in [-0.25, -0.2) is 0 Å². The molecule has 0 aromatic rings. The van der Waals surface area contributed by atoms with E-state index in [9.17, 15) is 19.8 Å². The Morgan fingerprint density at radius 3 is 1.09 bits per heavy atom. The number of allylic oxidation sites excluding steroid dienone is 5. The van der Waals surface area contributed by atoms with Gasteiger partial charge in [0.05, 0.1) is 25.4 Å². The van der Waals surface area contributed by atoms with Gasteiger partial charge in [-0.3, -0.25) is 9.59 Å². The van der Waals surface area contributed by atoms with Crippen molar-refractivity contribution in [3.8, 4) is 0 Å². The molecule has 6 heteroatoms. The maximum atomic E-state index is 12.4. The van der Waals surface area contributed by atoms with E-state index in [1.807, 2.05) is 6.08 Å². The van der Waals surface area contributed by atoms with Crippen LogP contribution in [0.25, 0.3) is 0 Å². The fourth-order valence-electron chi connectivity index (χ4n) is 9.03. The summed E-state index contributed by atoms with van der Waals surface area (Å²) in [5, 5.41) is 23.0. The first-order valence-corrected chi connectivity index (χ1v) is 29.8. The highest BCUT2D eigenvalue weighted by Gasteiger charge is 2.18. The Morgan fingerprint density at radius 2 is 0.701 bits per heavy atom. The number of nitrogens with one attached hydrogen (secondary N) is 1. The standard InChI is InChI=1S/C61H115NO5/c1-3-5-7-9-11-13-15-35-39-43-47-51-55-61(66)67-56-52-48-44-40-36-33-31-29-27-25-23-21-19-17-16-18-20-22-24-26-28-30-32-34-38-42-46-50-54-60(65)62-58(57-63)59(64)53-49-45-41-37-14-12-10-8-6-4-2/h11,13,16-17,49,53,58-59,63-64H,3-10,12,14-15,18-48,50-52,54-57H2,1-2H3,(H,62,65)/b13-11-,17-16-,53-49+. The van der Waals surface area contributed by atoms with Gasteiger partial charge in [-0.15, -0.1) is 0 Å². The van der Waals surface area contributed by atoms with E-state index in [-0.39, 0.29) is 18.5 Å². The van der Waals surface area contributed by atoms with Gasteiger partial charge < -0.3 is 20.3 Å². The van der Waals surface area contributed by atoms with Crippen LogP contribution in [0.1, 0.15) is 316 Å². The molecule has 0 spiro atoms. The van der Waals surface area contributed by atoms with Crippen molar-refractivity contribution in [2.24, 2.45) is 0 Å². The average molecular weight is 943 g/mol. The van der Waals surface area contributed by atoms with Gasteiger partial charge in [0.1, 0.15) is 0 Å². The summed E-state index contributed by atoms with van der Waals surface area (Å²) in [5.41, 5.74) is 0. The van der Waals surface area contributed by atoms with E-state index in [0.29, 0.717) is 19.4 Å². The Kier molecular flexibility index (Phi) is 55.0. The number of carbonyl (C=O) groups is 2. The van der Waals surface area contributed by atoms with E-state index >= 15 is 0 Å². The molecule has 0 aliphatic heterocycles. The summed E-state index contributed by atoms with van der Waals surface area (Å²) in [7, 11) is 0. The molecular formula is C61H115NO5. The molecule has 0 radical (unpaired) electrons. The number of esters is 1. The van der Waals surface area contributed by atoms with Gasteiger partial charge in [0.2, 0.25) is 5.91 Å². The molecule has 0 bridgehead atoms. The minimum absolute atomic E-state index is 0.00496. The van der Waals surface area contributed by atoms with Crippen LogP contribution in [0.2, 0.25) is 0 Å². The molecule has 2 atom stereocenters. The molecule has 1 amide bonds. The summed E-state index contributed by atoms with van der Waals surface area (Å²) < 4.78 is 5.46. The van der Waals surface area contributed by atoms with Crippen molar-refractivity contribution in [2.45, 2.75) is 328 Å². The largest absolute Gasteiger partial charge is 0.466 e. The van der Waals surface area contributed by atoms with Crippen molar-refractivity contribution in [1.29, 1.82) is 0 Å². The van der Waals surface area contributed by atoms with Gasteiger partial charge in [-0.05, 0) is 83.5 Å². The third kappa shape index (κ3) is 53.3. The summed E-state index contributed by atoms with van der Waals surface area (Å²) in [4.78, 5) is 24.4. The molecule has 0 fully saturated rings. The van der Waals surface area contributed by atoms with Crippen molar-refractivity contribution < 1.29 is 24.5 Å². The molecular weight excluding hydrogens is 827 g/mol. The van der Waals surface area contributed by atoms with E-state index in [1.54, 1.807) is 6.08 Å². The van der Waals surface area contributed by atoms with Crippen LogP contribution in [0.3, 0.4) is 0 Å². The van der Waals surface area contributed by atoms with Crippen LogP contribution in [0.5, 0.6) is 0 Å². The fourth-order valence-corrected chi connectivity index (χ4v) is 9.03. The van der Waals surface area contributed by atoms with Crippen molar-refractivity contribution in [2.75, 3.05) is 13.2 Å². The lowest BCUT2D eigenvalue weighted by Gasteiger charge is -2.20. The summed E-state index contributed by atoms with van der Waals surface area (Å²) >= 11 is 0. The Balaban J connectivity index is 3.37. The molecule has 67 heavy (non-hydrogen) atoms. The number of aliphatic hydroxyl groups excluding tert-OH is 2. The maximum Gasteiger partial charge on any atom is 0.305 e. The highest BCUT2D eigenvalue weighted by Crippen LogP contribution is 2.16. The predicted molar refractivity (Wildman–Crippen MR) is 292 cm³/mol. The first kappa shape index (κ1) is 65.1. The van der Waals surface area contributed by atoms with Crippen LogP contribution < -0.4 is 5.32 Å². The zero-order chi connectivity index (χ0) is 48.6. The lowest BCUT2D eigenvalue weighted by atomic mass is 10.0. The Labute approximate surface area is 417 Å². The van der Waals surface area contributed by atoms with Gasteiger partial charge >= 0.3 is 5.97 Å². The van der Waals surface area contributed by atoms with Crippen molar-refractivity contribution in [3.05, 3.63) is 36.5 Å². The van der Waals surface area contributed by atoms with E-state index in [2.05, 4.69) is 43.5 Å². The third-order valence-corrected chi connectivity index (χ3v) is 13.6. The summed E-state index contributed by atoms with van der Waals surface area (Å²) in [5.74, 6) is -0.0647. The summed E-state index contributed by atoms with van der Waals surface area (Å²) in [6.07, 6.45) is 70.5. The minimum atomic E-state index is -0.842. The molecule has 0 heterocycles. The molecule has 6 nitrogen and oxygen atoms in total. The first-order valence-electron chi connectivity index (χ1n) is 29.8. The van der Waals surface area contributed by atoms with Gasteiger partial charge in [0.15, 0.2) is 0 Å². The molecule has 3 N–H and O–H groups in total. The second-order valence-electron chi connectivity index (χ2n) is 20.3. The van der Waals surface area contributed by atoms with Crippen LogP contribution in [0.15, 0.2) is 36.5 Å². The Bertz CT molecular complexity index is 1090. The number of aliphatic hydroxyl groups is 2. The highest BCUT2D eigenvalue weighted by atomic mass is 16.5. The molecule has 0 aliphatic rings. The normalized spacial score (nSPS) is 12.8. The van der Waals surface area contributed by atoms with Crippen LogP contribution in [0.4, 0.5) is 0 Å². The predicted octanol–water partition coefficient (Wildman–Crippen LogP) is 18.4. The van der Waals surface area contributed by atoms with Gasteiger partial charge in [0.25, 0.3) is 0 Å². The van der Waals surface area contributed by atoms with Crippen LogP contribution >= 0.6 is 0 Å². The number of hydrogen-bond donors (Lipinski definition) is 3. The number of unbranched alkanes of at least 4 members (excludes halogenated alkanes) is 40. The molecule has 0 aliphatic carbocycles. The first-order chi connectivity index (χ1) is 33.0. The second kappa shape index (κ2) is 56.7. The van der Waals surface area contributed by atoms with Gasteiger partial charge in [0, 0.05) is 12.8 Å². The SMILES string of the molecule is CCCCC/C=C\CCCCCCCC(=O)OCCCCCCCCCCCCCC/C=C\CCCCCCCCCCCCCCC(=O)NC(CO)C(O)/C=C/CCCCCCCCCC. The summed E-state index contributed by atoms with van der Waals surface area (Å²) in [6, 6.07) is -0.626. The average Bonchev–Trinajstić information content (AvgIpc) is 3.33. The number of ether oxygens (including phenoxy) is 1. The number of amides is 1. The van der Waals surface area contributed by atoms with Crippen molar-refractivity contribution in [1.82, 2.24) is 5.32 Å². The number of carbonyl (C=O) groups excluding carboxylic acids is 2. The molecule has 0 rings (SSSR count). The smallest absolute Gasteiger partial charge is 0.305 e. The minimum Gasteiger partial charge on any atom is -0.466 e. The van der Waals surface area contributed by atoms with Crippen LogP contribution in [0, 0.1) is 0 Å². The maximum absolute atomic E-state index is 12.4. The topological polar surface area (TPSA) is 95.9 Å². The number of hydrogen-bond acceptors (Lipinski definition) is 5. The quantitative estimate of drug-likeness (QED) is 0.0321. The molecule has 2 unspecified atom stereocenters. The second-order valence-corrected chi connectivity index (χ2v) is 20.3. The molecule has 0 saturated heterocycles. The van der Waals surface area contributed by atoms with Crippen LogP contribution in [-0.4, -0.2) is 47.4 Å². The molecule has 394 valence electrons. The Morgan fingerprint density at radius 1 is 0.403 bits per heavy atom. The van der Waals surface area contributed by atoms with E-state index < -0.39 is 12.1 Å². The third-order valence-electron chi connectivity index (χ3n) is 13.6. The fraction of sp³-hybridized carbons (Fsp3) is 0.869. The van der Waals surface area contributed by atoms with Gasteiger partial charge in [-0.2, -0.15) is 0 Å². The van der Waals surface area contributed by atoms with E-state index in [0.717, 1.165) is 44.9 Å². The van der Waals surface area contributed by atoms with Gasteiger partial charge in [-0.1, -0.05) is 256 Å². The molecule has 0 saturated carbocycles. The number of rotatable bonds is 55. The molecule has 0 aromatic carbocycles. The lowest BCUT2D eigenvalue weighted by molar-refractivity contribution is -0.143.